The van der Waals surface area contributed by atoms with Crippen molar-refractivity contribution in [1.82, 2.24) is 9.59 Å². The predicted molar refractivity (Wildman–Crippen MR) is 69.6 cm³/mol. The molecule has 0 aliphatic carbocycles. The van der Waals surface area contributed by atoms with Gasteiger partial charge in [-0.2, -0.15) is 0 Å². The molecule has 0 amide bonds. The van der Waals surface area contributed by atoms with Crippen LogP contribution in [0.2, 0.25) is 0 Å². The van der Waals surface area contributed by atoms with Crippen molar-refractivity contribution in [1.29, 1.82) is 0 Å². The molecule has 0 bridgehead atoms. The smallest absolute Gasteiger partial charge is 0.335 e. The quantitative estimate of drug-likeness (QED) is 0.858. The maximum atomic E-state index is 11.8. The second kappa shape index (κ2) is 5.33. The van der Waals surface area contributed by atoms with Gasteiger partial charge in [-0.3, -0.25) is 4.72 Å². The first-order valence-electron chi connectivity index (χ1n) is 5.06. The summed E-state index contributed by atoms with van der Waals surface area (Å²) in [6.45, 7) is 0. The summed E-state index contributed by atoms with van der Waals surface area (Å²) in [6, 6.07) is 5.66. The van der Waals surface area contributed by atoms with Gasteiger partial charge < -0.3 is 5.11 Å². The lowest BCUT2D eigenvalue weighted by molar-refractivity contribution is 0.0697. The number of anilines is 1. The maximum absolute atomic E-state index is 11.8. The average Bonchev–Trinajstić information content (AvgIpc) is 2.81. The van der Waals surface area contributed by atoms with E-state index in [4.69, 9.17) is 5.11 Å². The van der Waals surface area contributed by atoms with Crippen molar-refractivity contribution in [2.75, 3.05) is 4.72 Å². The van der Waals surface area contributed by atoms with E-state index in [-0.39, 0.29) is 11.3 Å². The third kappa shape index (κ3) is 3.73. The molecule has 19 heavy (non-hydrogen) atoms. The number of benzene rings is 1. The lowest BCUT2D eigenvalue weighted by atomic mass is 10.1. The monoisotopic (exact) mass is 299 g/mol. The highest BCUT2D eigenvalue weighted by molar-refractivity contribution is 7.92. The van der Waals surface area contributed by atoms with Crippen LogP contribution < -0.4 is 4.72 Å². The van der Waals surface area contributed by atoms with Gasteiger partial charge >= 0.3 is 5.97 Å². The third-order valence-electron chi connectivity index (χ3n) is 2.17. The molecule has 7 nitrogen and oxygen atoms in total. The van der Waals surface area contributed by atoms with Crippen molar-refractivity contribution in [3.8, 4) is 0 Å². The number of aromatic nitrogens is 2. The average molecular weight is 299 g/mol. The summed E-state index contributed by atoms with van der Waals surface area (Å²) in [5.41, 5.74) is 0.607. The molecule has 2 N–H and O–H groups in total. The van der Waals surface area contributed by atoms with E-state index >= 15 is 0 Å². The molecule has 0 radical (unpaired) electrons. The fourth-order valence-electron chi connectivity index (χ4n) is 1.36. The van der Waals surface area contributed by atoms with Gasteiger partial charge in [0.05, 0.1) is 17.5 Å². The summed E-state index contributed by atoms with van der Waals surface area (Å²) in [6.07, 6.45) is 1.32. The van der Waals surface area contributed by atoms with Gasteiger partial charge in [0.2, 0.25) is 10.0 Å². The van der Waals surface area contributed by atoms with E-state index in [1.54, 1.807) is 0 Å². The number of carboxylic acid groups (broad SMARTS) is 1. The van der Waals surface area contributed by atoms with Crippen molar-refractivity contribution in [3.63, 3.8) is 0 Å². The second-order valence-electron chi connectivity index (χ2n) is 3.64. The molecule has 9 heteroatoms. The van der Waals surface area contributed by atoms with Gasteiger partial charge in [0, 0.05) is 11.5 Å². The normalized spacial score (nSPS) is 11.2. The Balaban J connectivity index is 2.09. The number of aromatic carboxylic acids is 1. The Kier molecular flexibility index (Phi) is 3.76. The fraction of sp³-hybridized carbons (Fsp3) is 0.100. The maximum Gasteiger partial charge on any atom is 0.335 e. The Morgan fingerprint density at radius 3 is 2.53 bits per heavy atom. The molecular formula is C10H9N3O4S2. The second-order valence-corrected chi connectivity index (χ2v) is 6.15. The van der Waals surface area contributed by atoms with E-state index in [9.17, 15) is 13.2 Å². The predicted octanol–water partition coefficient (Wildman–Crippen LogP) is 1.18. The van der Waals surface area contributed by atoms with Crippen LogP contribution in [0.25, 0.3) is 0 Å². The van der Waals surface area contributed by atoms with Crippen LogP contribution in [-0.2, 0) is 15.8 Å². The number of hydrogen-bond donors (Lipinski definition) is 2. The van der Waals surface area contributed by atoms with Crippen LogP contribution in [0.3, 0.4) is 0 Å². The first-order chi connectivity index (χ1) is 8.96. The highest BCUT2D eigenvalue weighted by atomic mass is 32.2. The fourth-order valence-corrected chi connectivity index (χ4v) is 3.23. The Bertz CT molecular complexity index is 665. The van der Waals surface area contributed by atoms with Gasteiger partial charge in [0.15, 0.2) is 0 Å². The van der Waals surface area contributed by atoms with Gasteiger partial charge in [-0.25, -0.2) is 13.2 Å². The number of carboxylic acids is 1. The molecule has 0 aliphatic rings. The molecule has 2 aromatic rings. The summed E-state index contributed by atoms with van der Waals surface area (Å²) >= 11 is 0.938. The molecule has 0 spiro atoms. The number of hydrogen-bond acceptors (Lipinski definition) is 6. The molecule has 1 heterocycles. The third-order valence-corrected chi connectivity index (χ3v) is 4.13. The first-order valence-corrected chi connectivity index (χ1v) is 7.49. The van der Waals surface area contributed by atoms with E-state index < -0.39 is 16.0 Å². The van der Waals surface area contributed by atoms with Crippen LogP contribution in [0.5, 0.6) is 0 Å². The summed E-state index contributed by atoms with van der Waals surface area (Å²) in [7, 11) is -3.56. The number of nitrogens with zero attached hydrogens (tertiary/aromatic N) is 2. The van der Waals surface area contributed by atoms with E-state index in [0.29, 0.717) is 10.6 Å². The number of rotatable bonds is 5. The van der Waals surface area contributed by atoms with Crippen LogP contribution in [0.4, 0.5) is 5.00 Å². The van der Waals surface area contributed by atoms with Crippen LogP contribution in [0, 0.1) is 0 Å². The zero-order valence-electron chi connectivity index (χ0n) is 9.48. The van der Waals surface area contributed by atoms with Crippen LogP contribution >= 0.6 is 11.5 Å². The van der Waals surface area contributed by atoms with E-state index in [1.807, 2.05) is 0 Å². The van der Waals surface area contributed by atoms with E-state index in [0.717, 1.165) is 11.5 Å². The Hall–Kier alpha value is -2.00. The van der Waals surface area contributed by atoms with Crippen LogP contribution in [0.1, 0.15) is 15.9 Å². The van der Waals surface area contributed by atoms with E-state index in [1.165, 1.54) is 30.5 Å². The minimum atomic E-state index is -3.56. The number of carbonyl (C=O) groups is 1. The SMILES string of the molecule is O=C(O)c1ccc(CS(=O)(=O)Nc2cnns2)cc1. The topological polar surface area (TPSA) is 109 Å². The minimum Gasteiger partial charge on any atom is -0.478 e. The van der Waals surface area contributed by atoms with Crippen molar-refractivity contribution in [2.24, 2.45) is 0 Å². The lowest BCUT2D eigenvalue weighted by Crippen LogP contribution is -2.14. The van der Waals surface area contributed by atoms with Gasteiger partial charge in [-0.05, 0) is 17.7 Å². The molecule has 1 aromatic carbocycles. The Morgan fingerprint density at radius 1 is 1.32 bits per heavy atom. The Labute approximate surface area is 113 Å². The van der Waals surface area contributed by atoms with Crippen molar-refractivity contribution >= 4 is 32.5 Å². The molecule has 0 aliphatic heterocycles. The van der Waals surface area contributed by atoms with Crippen molar-refractivity contribution in [3.05, 3.63) is 41.6 Å². The Morgan fingerprint density at radius 2 is 2.00 bits per heavy atom. The van der Waals surface area contributed by atoms with Gasteiger partial charge in [0.1, 0.15) is 5.00 Å². The zero-order valence-corrected chi connectivity index (χ0v) is 11.1. The molecule has 0 fully saturated rings. The summed E-state index contributed by atoms with van der Waals surface area (Å²) in [5, 5.41) is 12.6. The van der Waals surface area contributed by atoms with Gasteiger partial charge in [-0.15, -0.1) is 5.10 Å². The molecule has 1 aromatic heterocycles. The first kappa shape index (κ1) is 13.4. The van der Waals surface area contributed by atoms with Crippen molar-refractivity contribution < 1.29 is 18.3 Å². The molecule has 0 saturated carbocycles. The number of sulfonamides is 1. The highest BCUT2D eigenvalue weighted by Gasteiger charge is 2.13. The zero-order chi connectivity index (χ0) is 13.9. The largest absolute Gasteiger partial charge is 0.478 e. The molecule has 100 valence electrons. The molecule has 0 atom stereocenters. The van der Waals surface area contributed by atoms with Crippen LogP contribution in [0.15, 0.2) is 30.5 Å². The molecule has 0 saturated heterocycles. The summed E-state index contributed by atoms with van der Waals surface area (Å²) in [4.78, 5) is 10.7. The summed E-state index contributed by atoms with van der Waals surface area (Å²) in [5.74, 6) is -1.30. The van der Waals surface area contributed by atoms with Crippen molar-refractivity contribution in [2.45, 2.75) is 5.75 Å². The number of nitrogens with one attached hydrogen (secondary N) is 1. The van der Waals surface area contributed by atoms with Gasteiger partial charge in [0.25, 0.3) is 0 Å². The van der Waals surface area contributed by atoms with Gasteiger partial charge in [-0.1, -0.05) is 16.6 Å². The molecule has 0 unspecified atom stereocenters. The van der Waals surface area contributed by atoms with Crippen LogP contribution in [-0.4, -0.2) is 29.1 Å². The summed E-state index contributed by atoms with van der Waals surface area (Å²) < 4.78 is 29.5. The standard InChI is InChI=1S/C10H9N3O4S2/c14-10(15)8-3-1-7(2-4-8)6-19(16,17)12-9-5-11-13-18-9/h1-5,12H,6H2,(H,14,15). The lowest BCUT2D eigenvalue weighted by Gasteiger charge is -2.05. The minimum absolute atomic E-state index is 0.112. The molecule has 2 rings (SSSR count). The van der Waals surface area contributed by atoms with E-state index in [2.05, 4.69) is 14.3 Å². The highest BCUT2D eigenvalue weighted by Crippen LogP contribution is 2.15. The molecular weight excluding hydrogens is 290 g/mol.